The topological polar surface area (TPSA) is 84.2 Å². The van der Waals surface area contributed by atoms with Crippen LogP contribution in [0, 0.1) is 6.92 Å². The van der Waals surface area contributed by atoms with E-state index in [-0.39, 0.29) is 11.9 Å². The third-order valence-corrected chi connectivity index (χ3v) is 3.22. The van der Waals surface area contributed by atoms with E-state index in [1.807, 2.05) is 6.07 Å². The van der Waals surface area contributed by atoms with Gasteiger partial charge in [0, 0.05) is 12.7 Å². The van der Waals surface area contributed by atoms with Crippen molar-refractivity contribution < 1.29 is 13.9 Å². The number of hydrogen-bond donors (Lipinski definition) is 1. The van der Waals surface area contributed by atoms with Crippen LogP contribution < -0.4 is 0 Å². The molecule has 1 fully saturated rings. The minimum atomic E-state index is -0.167. The summed E-state index contributed by atoms with van der Waals surface area (Å²) in [6.07, 6.45) is 2.95. The second-order valence-electron chi connectivity index (χ2n) is 4.36. The third-order valence-electron chi connectivity index (χ3n) is 3.22. The van der Waals surface area contributed by atoms with Crippen molar-refractivity contribution in [3.05, 3.63) is 35.8 Å². The van der Waals surface area contributed by atoms with E-state index in [0.717, 1.165) is 5.69 Å². The number of aromatic amines is 1. The normalized spacial score (nSPS) is 19.6. The van der Waals surface area contributed by atoms with Gasteiger partial charge in [0.25, 0.3) is 5.91 Å². The van der Waals surface area contributed by atoms with E-state index in [9.17, 15) is 4.79 Å². The summed E-state index contributed by atoms with van der Waals surface area (Å²) < 4.78 is 10.5. The quantitative estimate of drug-likeness (QED) is 0.870. The van der Waals surface area contributed by atoms with E-state index in [1.54, 1.807) is 18.0 Å². The van der Waals surface area contributed by atoms with Crippen molar-refractivity contribution in [3.8, 4) is 0 Å². The van der Waals surface area contributed by atoms with Crippen molar-refractivity contribution in [2.24, 2.45) is 0 Å². The fourth-order valence-corrected chi connectivity index (χ4v) is 2.20. The first-order valence-electron chi connectivity index (χ1n) is 6.05. The zero-order valence-electron chi connectivity index (χ0n) is 10.5. The maximum Gasteiger partial charge on any atom is 0.276 e. The van der Waals surface area contributed by atoms with Gasteiger partial charge in [0.15, 0.2) is 12.1 Å². The molecular weight excluding hydrogens is 248 g/mol. The molecule has 0 saturated carbocycles. The molecule has 3 heterocycles. The first kappa shape index (κ1) is 11.9. The molecule has 0 unspecified atom stereocenters. The third kappa shape index (κ3) is 2.12. The molecule has 0 aromatic carbocycles. The Morgan fingerprint density at radius 2 is 2.47 bits per heavy atom. The van der Waals surface area contributed by atoms with E-state index in [1.165, 1.54) is 6.39 Å². The van der Waals surface area contributed by atoms with E-state index >= 15 is 0 Å². The zero-order valence-corrected chi connectivity index (χ0v) is 10.5. The van der Waals surface area contributed by atoms with E-state index in [0.29, 0.717) is 31.2 Å². The molecule has 0 aliphatic carbocycles. The highest BCUT2D eigenvalue weighted by molar-refractivity contribution is 5.93. The molecule has 3 rings (SSSR count). The molecule has 1 amide bonds. The minimum Gasteiger partial charge on any atom is -0.448 e. The van der Waals surface area contributed by atoms with Crippen LogP contribution in [0.2, 0.25) is 0 Å². The summed E-state index contributed by atoms with van der Waals surface area (Å²) in [5.74, 6) is 0.383. The van der Waals surface area contributed by atoms with Gasteiger partial charge in [-0.1, -0.05) is 0 Å². The number of ether oxygens (including phenoxy) is 1. The van der Waals surface area contributed by atoms with Crippen LogP contribution in [0.25, 0.3) is 0 Å². The molecule has 1 atom stereocenters. The summed E-state index contributed by atoms with van der Waals surface area (Å²) in [6, 6.07) is 1.68. The highest BCUT2D eigenvalue weighted by Crippen LogP contribution is 2.24. The van der Waals surface area contributed by atoms with Crippen LogP contribution >= 0.6 is 0 Å². The molecule has 2 aromatic rings. The smallest absolute Gasteiger partial charge is 0.276 e. The first-order chi connectivity index (χ1) is 9.27. The van der Waals surface area contributed by atoms with Crippen molar-refractivity contribution in [1.29, 1.82) is 0 Å². The maximum absolute atomic E-state index is 12.5. The van der Waals surface area contributed by atoms with Crippen LogP contribution in [0.4, 0.5) is 0 Å². The molecule has 1 aliphatic rings. The molecule has 7 heteroatoms. The number of nitrogens with one attached hydrogen (secondary N) is 1. The second kappa shape index (κ2) is 4.85. The largest absolute Gasteiger partial charge is 0.448 e. The Morgan fingerprint density at radius 1 is 1.58 bits per heavy atom. The summed E-state index contributed by atoms with van der Waals surface area (Å²) in [5.41, 5.74) is 1.21. The van der Waals surface area contributed by atoms with Crippen molar-refractivity contribution >= 4 is 5.91 Å². The number of rotatable bonds is 2. The summed E-state index contributed by atoms with van der Waals surface area (Å²) in [7, 11) is 0. The number of aryl methyl sites for hydroxylation is 1. The van der Waals surface area contributed by atoms with Crippen LogP contribution in [0.1, 0.15) is 28.0 Å². The van der Waals surface area contributed by atoms with Crippen LogP contribution in [0.3, 0.4) is 0 Å². The summed E-state index contributed by atoms with van der Waals surface area (Å²) in [5, 5.41) is 6.80. The lowest BCUT2D eigenvalue weighted by molar-refractivity contribution is -0.00427. The average Bonchev–Trinajstić information content (AvgIpc) is 3.09. The number of nitrogens with zero attached hydrogens (tertiary/aromatic N) is 3. The summed E-state index contributed by atoms with van der Waals surface area (Å²) >= 11 is 0. The van der Waals surface area contributed by atoms with Crippen molar-refractivity contribution in [1.82, 2.24) is 20.1 Å². The minimum absolute atomic E-state index is 0.144. The number of amides is 1. The highest BCUT2D eigenvalue weighted by atomic mass is 16.5. The predicted molar refractivity (Wildman–Crippen MR) is 64.4 cm³/mol. The SMILES string of the molecule is Cc1ocnc1C(=O)N1CCOC[C@H]1c1ccn[nH]1. The molecule has 100 valence electrons. The standard InChI is InChI=1S/C12H14N4O3/c1-8-11(13-7-19-8)12(17)16-4-5-18-6-10(16)9-2-3-14-15-9/h2-3,7,10H,4-6H2,1H3,(H,14,15)/t10-/m0/s1. The van der Waals surface area contributed by atoms with Crippen LogP contribution in [0.15, 0.2) is 23.1 Å². The van der Waals surface area contributed by atoms with Crippen LogP contribution in [0.5, 0.6) is 0 Å². The van der Waals surface area contributed by atoms with Gasteiger partial charge in [-0.3, -0.25) is 9.89 Å². The number of oxazole rings is 1. The second-order valence-corrected chi connectivity index (χ2v) is 4.36. The van der Waals surface area contributed by atoms with Crippen molar-refractivity contribution in [2.45, 2.75) is 13.0 Å². The van der Waals surface area contributed by atoms with Crippen LogP contribution in [-0.2, 0) is 4.74 Å². The van der Waals surface area contributed by atoms with Crippen molar-refractivity contribution in [3.63, 3.8) is 0 Å². The van der Waals surface area contributed by atoms with Gasteiger partial charge in [0.05, 0.1) is 24.9 Å². The Balaban J connectivity index is 1.89. The number of H-pyrrole nitrogens is 1. The molecule has 0 bridgehead atoms. The number of aromatic nitrogens is 3. The van der Waals surface area contributed by atoms with Gasteiger partial charge in [-0.05, 0) is 13.0 Å². The van der Waals surface area contributed by atoms with Gasteiger partial charge in [0.1, 0.15) is 5.76 Å². The molecule has 1 saturated heterocycles. The van der Waals surface area contributed by atoms with E-state index < -0.39 is 0 Å². The Labute approximate surface area is 109 Å². The predicted octanol–water partition coefficient (Wildman–Crippen LogP) is 0.920. The fraction of sp³-hybridized carbons (Fsp3) is 0.417. The Kier molecular flexibility index (Phi) is 3.04. The molecule has 7 nitrogen and oxygen atoms in total. The Bertz CT molecular complexity index is 563. The molecular formula is C12H14N4O3. The Hall–Kier alpha value is -2.15. The fourth-order valence-electron chi connectivity index (χ4n) is 2.20. The van der Waals surface area contributed by atoms with Gasteiger partial charge >= 0.3 is 0 Å². The number of carbonyl (C=O) groups excluding carboxylic acids is 1. The number of hydrogen-bond acceptors (Lipinski definition) is 5. The maximum atomic E-state index is 12.5. The van der Waals surface area contributed by atoms with Gasteiger partial charge in [0.2, 0.25) is 0 Å². The lowest BCUT2D eigenvalue weighted by atomic mass is 10.1. The molecule has 1 N–H and O–H groups in total. The summed E-state index contributed by atoms with van der Waals surface area (Å²) in [4.78, 5) is 18.2. The molecule has 2 aromatic heterocycles. The van der Waals surface area contributed by atoms with Crippen LogP contribution in [-0.4, -0.2) is 45.7 Å². The molecule has 19 heavy (non-hydrogen) atoms. The highest BCUT2D eigenvalue weighted by Gasteiger charge is 2.32. The van der Waals surface area contributed by atoms with Gasteiger partial charge in [-0.2, -0.15) is 5.10 Å². The van der Waals surface area contributed by atoms with E-state index in [2.05, 4.69) is 15.2 Å². The summed E-state index contributed by atoms with van der Waals surface area (Å²) in [6.45, 7) is 3.22. The molecule has 0 radical (unpaired) electrons. The van der Waals surface area contributed by atoms with Gasteiger partial charge in [-0.25, -0.2) is 4.98 Å². The average molecular weight is 262 g/mol. The monoisotopic (exact) mass is 262 g/mol. The first-order valence-corrected chi connectivity index (χ1v) is 6.05. The number of carbonyl (C=O) groups is 1. The Morgan fingerprint density at radius 3 is 3.16 bits per heavy atom. The molecule has 0 spiro atoms. The molecule has 1 aliphatic heterocycles. The van der Waals surface area contributed by atoms with Gasteiger partial charge < -0.3 is 14.1 Å². The zero-order chi connectivity index (χ0) is 13.2. The van der Waals surface area contributed by atoms with Crippen molar-refractivity contribution in [2.75, 3.05) is 19.8 Å². The van der Waals surface area contributed by atoms with E-state index in [4.69, 9.17) is 9.15 Å². The van der Waals surface area contributed by atoms with Gasteiger partial charge in [-0.15, -0.1) is 0 Å². The lowest BCUT2D eigenvalue weighted by Crippen LogP contribution is -2.43. The lowest BCUT2D eigenvalue weighted by Gasteiger charge is -2.34. The number of morpholine rings is 1.